The molecule has 26 heavy (non-hydrogen) atoms. The molecule has 0 spiro atoms. The van der Waals surface area contributed by atoms with Crippen molar-refractivity contribution in [2.75, 3.05) is 11.9 Å². The van der Waals surface area contributed by atoms with E-state index in [9.17, 15) is 18.4 Å². The summed E-state index contributed by atoms with van der Waals surface area (Å²) in [6.45, 7) is 0.388. The fourth-order valence-corrected chi connectivity index (χ4v) is 2.66. The van der Waals surface area contributed by atoms with Gasteiger partial charge in [0, 0.05) is 35.4 Å². The van der Waals surface area contributed by atoms with Crippen LogP contribution >= 0.6 is 0 Å². The molecular weight excluding hydrogens is 340 g/mol. The first-order valence-corrected chi connectivity index (χ1v) is 8.09. The van der Waals surface area contributed by atoms with Crippen molar-refractivity contribution in [2.45, 2.75) is 12.8 Å². The van der Waals surface area contributed by atoms with Gasteiger partial charge in [-0.15, -0.1) is 0 Å². The number of hydrogen-bond acceptors (Lipinski definition) is 2. The molecule has 0 saturated heterocycles. The average Bonchev–Trinajstić information content (AvgIpc) is 3.01. The van der Waals surface area contributed by atoms with Gasteiger partial charge in [0.05, 0.1) is 0 Å². The molecule has 0 unspecified atom stereocenters. The number of nitrogens with one attached hydrogen (secondary N) is 3. The molecular formula is C19H17F2N3O2. The summed E-state index contributed by atoms with van der Waals surface area (Å²) in [5.74, 6) is -3.10. The number of benzene rings is 2. The van der Waals surface area contributed by atoms with Crippen LogP contribution < -0.4 is 10.6 Å². The van der Waals surface area contributed by atoms with Gasteiger partial charge in [-0.2, -0.15) is 0 Å². The Kier molecular flexibility index (Phi) is 5.26. The van der Waals surface area contributed by atoms with Crippen LogP contribution in [0.5, 0.6) is 0 Å². The van der Waals surface area contributed by atoms with Crippen molar-refractivity contribution in [2.24, 2.45) is 0 Å². The summed E-state index contributed by atoms with van der Waals surface area (Å²) in [6, 6.07) is 10.9. The highest BCUT2D eigenvalue weighted by Gasteiger charge is 2.11. The Morgan fingerprint density at radius 3 is 2.62 bits per heavy atom. The third-order valence-electron chi connectivity index (χ3n) is 3.92. The Hall–Kier alpha value is -3.22. The number of aromatic amines is 1. The molecule has 5 nitrogen and oxygen atoms in total. The number of carbonyl (C=O) groups is 2. The second kappa shape index (κ2) is 7.77. The molecule has 0 aliphatic rings. The van der Waals surface area contributed by atoms with E-state index < -0.39 is 29.9 Å². The predicted octanol–water partition coefficient (Wildman–Crippen LogP) is 3.13. The van der Waals surface area contributed by atoms with Crippen LogP contribution in [0.3, 0.4) is 0 Å². The Morgan fingerprint density at radius 1 is 1.00 bits per heavy atom. The zero-order chi connectivity index (χ0) is 18.5. The van der Waals surface area contributed by atoms with Gasteiger partial charge < -0.3 is 15.6 Å². The highest BCUT2D eigenvalue weighted by molar-refractivity contribution is 6.03. The molecule has 3 N–H and O–H groups in total. The van der Waals surface area contributed by atoms with E-state index in [0.717, 1.165) is 28.6 Å². The quantitative estimate of drug-likeness (QED) is 0.593. The average molecular weight is 357 g/mol. The molecule has 2 amide bonds. The highest BCUT2D eigenvalue weighted by Crippen LogP contribution is 2.17. The lowest BCUT2D eigenvalue weighted by Gasteiger charge is -2.07. The van der Waals surface area contributed by atoms with Crippen LogP contribution in [0, 0.1) is 11.6 Å². The zero-order valence-corrected chi connectivity index (χ0v) is 13.8. The molecule has 1 aromatic heterocycles. The second-order valence-electron chi connectivity index (χ2n) is 5.81. The van der Waals surface area contributed by atoms with E-state index in [-0.39, 0.29) is 5.69 Å². The Labute approximate surface area is 148 Å². The lowest BCUT2D eigenvalue weighted by Crippen LogP contribution is -2.29. The van der Waals surface area contributed by atoms with Gasteiger partial charge in [0.1, 0.15) is 6.42 Å². The van der Waals surface area contributed by atoms with E-state index in [0.29, 0.717) is 13.0 Å². The summed E-state index contributed by atoms with van der Waals surface area (Å²) >= 11 is 0. The lowest BCUT2D eigenvalue weighted by atomic mass is 10.1. The largest absolute Gasteiger partial charge is 0.361 e. The molecule has 0 atom stereocenters. The van der Waals surface area contributed by atoms with Gasteiger partial charge in [0.2, 0.25) is 11.8 Å². The third-order valence-corrected chi connectivity index (χ3v) is 3.92. The summed E-state index contributed by atoms with van der Waals surface area (Å²) in [4.78, 5) is 26.8. The summed E-state index contributed by atoms with van der Waals surface area (Å²) < 4.78 is 25.9. The number of fused-ring (bicyclic) bond motifs is 1. The summed E-state index contributed by atoms with van der Waals surface area (Å²) in [5.41, 5.74) is 2.20. The van der Waals surface area contributed by atoms with Gasteiger partial charge in [0.25, 0.3) is 0 Å². The number of amides is 2. The SMILES string of the molecule is O=C(CC(=O)Nc1ccc(F)c(F)c1)NCCc1c[nH]c2ccccc12. The molecule has 0 fully saturated rings. The number of hydrogen-bond donors (Lipinski definition) is 3. The number of rotatable bonds is 6. The summed E-state index contributed by atoms with van der Waals surface area (Å²) in [5, 5.41) is 6.13. The van der Waals surface area contributed by atoms with Crippen molar-refractivity contribution < 1.29 is 18.4 Å². The molecule has 2 aromatic carbocycles. The molecule has 0 aliphatic heterocycles. The van der Waals surface area contributed by atoms with Crippen LogP contribution in [0.25, 0.3) is 10.9 Å². The van der Waals surface area contributed by atoms with Crippen LogP contribution in [0.15, 0.2) is 48.7 Å². The normalized spacial score (nSPS) is 10.7. The molecule has 3 rings (SSSR count). The van der Waals surface area contributed by atoms with Gasteiger partial charge >= 0.3 is 0 Å². The highest BCUT2D eigenvalue weighted by atomic mass is 19.2. The van der Waals surface area contributed by atoms with Crippen molar-refractivity contribution in [3.63, 3.8) is 0 Å². The van der Waals surface area contributed by atoms with Gasteiger partial charge in [0.15, 0.2) is 11.6 Å². The van der Waals surface area contributed by atoms with E-state index in [1.54, 1.807) is 0 Å². The minimum atomic E-state index is -1.06. The number of halogens is 2. The van der Waals surface area contributed by atoms with E-state index in [1.807, 2.05) is 30.5 Å². The maximum absolute atomic E-state index is 13.1. The third kappa shape index (κ3) is 4.24. The van der Waals surface area contributed by atoms with E-state index in [4.69, 9.17) is 0 Å². The van der Waals surface area contributed by atoms with Gasteiger partial charge in [-0.3, -0.25) is 9.59 Å². The van der Waals surface area contributed by atoms with Crippen molar-refractivity contribution in [1.82, 2.24) is 10.3 Å². The first-order valence-electron chi connectivity index (χ1n) is 8.09. The van der Waals surface area contributed by atoms with Gasteiger partial charge in [-0.25, -0.2) is 8.78 Å². The van der Waals surface area contributed by atoms with Crippen LogP contribution in [0.4, 0.5) is 14.5 Å². The first kappa shape index (κ1) is 17.6. The summed E-state index contributed by atoms with van der Waals surface area (Å²) in [7, 11) is 0. The molecule has 0 radical (unpaired) electrons. The maximum atomic E-state index is 13.1. The first-order chi connectivity index (χ1) is 12.5. The van der Waals surface area contributed by atoms with E-state index in [2.05, 4.69) is 15.6 Å². The second-order valence-corrected chi connectivity index (χ2v) is 5.81. The fraction of sp³-hybridized carbons (Fsp3) is 0.158. The van der Waals surface area contributed by atoms with Crippen molar-refractivity contribution >= 4 is 28.4 Å². The van der Waals surface area contributed by atoms with Crippen molar-refractivity contribution in [1.29, 1.82) is 0 Å². The molecule has 7 heteroatoms. The zero-order valence-electron chi connectivity index (χ0n) is 13.8. The maximum Gasteiger partial charge on any atom is 0.233 e. The monoisotopic (exact) mass is 357 g/mol. The Balaban J connectivity index is 1.46. The predicted molar refractivity (Wildman–Crippen MR) is 94.6 cm³/mol. The molecule has 0 saturated carbocycles. The molecule has 0 aliphatic carbocycles. The summed E-state index contributed by atoms with van der Waals surface area (Å²) in [6.07, 6.45) is 2.13. The Bertz CT molecular complexity index is 953. The van der Waals surface area contributed by atoms with Crippen LogP contribution in [0.2, 0.25) is 0 Å². The van der Waals surface area contributed by atoms with Crippen molar-refractivity contribution in [3.8, 4) is 0 Å². The van der Waals surface area contributed by atoms with Gasteiger partial charge in [-0.05, 0) is 30.2 Å². The minimum Gasteiger partial charge on any atom is -0.361 e. The fourth-order valence-electron chi connectivity index (χ4n) is 2.66. The number of H-pyrrole nitrogens is 1. The van der Waals surface area contributed by atoms with Crippen LogP contribution in [-0.2, 0) is 16.0 Å². The molecule has 3 aromatic rings. The molecule has 134 valence electrons. The number of aromatic nitrogens is 1. The van der Waals surface area contributed by atoms with Crippen LogP contribution in [-0.4, -0.2) is 23.3 Å². The van der Waals surface area contributed by atoms with E-state index in [1.165, 1.54) is 6.07 Å². The number of anilines is 1. The molecule has 0 bridgehead atoms. The standard InChI is InChI=1S/C19H17F2N3O2/c20-15-6-5-13(9-16(15)21)24-19(26)10-18(25)22-8-7-12-11-23-17-4-2-1-3-14(12)17/h1-6,9,11,23H,7-8,10H2,(H,22,25)(H,24,26). The Morgan fingerprint density at radius 2 is 1.81 bits per heavy atom. The minimum absolute atomic E-state index is 0.0977. The number of carbonyl (C=O) groups excluding carboxylic acids is 2. The smallest absolute Gasteiger partial charge is 0.233 e. The molecule has 1 heterocycles. The topological polar surface area (TPSA) is 74.0 Å². The number of para-hydroxylation sites is 1. The van der Waals surface area contributed by atoms with Crippen LogP contribution in [0.1, 0.15) is 12.0 Å². The van der Waals surface area contributed by atoms with E-state index >= 15 is 0 Å². The van der Waals surface area contributed by atoms with Crippen molar-refractivity contribution in [3.05, 3.63) is 65.9 Å². The van der Waals surface area contributed by atoms with Gasteiger partial charge in [-0.1, -0.05) is 18.2 Å². The lowest BCUT2D eigenvalue weighted by molar-refractivity contribution is -0.126.